The summed E-state index contributed by atoms with van der Waals surface area (Å²) in [5.74, 6) is -0.896. The van der Waals surface area contributed by atoms with E-state index in [1.54, 1.807) is 20.8 Å². The molecule has 0 saturated carbocycles. The first-order valence-corrected chi connectivity index (χ1v) is 8.42. The number of ether oxygens (including phenoxy) is 1. The second-order valence-electron chi connectivity index (χ2n) is 6.79. The van der Waals surface area contributed by atoms with Gasteiger partial charge in [-0.15, -0.1) is 0 Å². The van der Waals surface area contributed by atoms with Gasteiger partial charge in [0.15, 0.2) is 0 Å². The summed E-state index contributed by atoms with van der Waals surface area (Å²) < 4.78 is 6.32. The Hall–Kier alpha value is -1.40. The predicted octanol–water partition coefficient (Wildman–Crippen LogP) is 3.14. The molecule has 0 bridgehead atoms. The van der Waals surface area contributed by atoms with Gasteiger partial charge in [0, 0.05) is 10.5 Å². The highest BCUT2D eigenvalue weighted by Gasteiger charge is 2.44. The summed E-state index contributed by atoms with van der Waals surface area (Å²) >= 11 is 3.38. The second kappa shape index (κ2) is 7.01. The Morgan fingerprint density at radius 3 is 2.48 bits per heavy atom. The van der Waals surface area contributed by atoms with Gasteiger partial charge in [0.1, 0.15) is 5.60 Å². The van der Waals surface area contributed by atoms with Crippen molar-refractivity contribution in [1.29, 1.82) is 0 Å². The molecule has 2 atom stereocenters. The van der Waals surface area contributed by atoms with Gasteiger partial charge in [-0.25, -0.2) is 9.69 Å². The molecule has 5 nitrogen and oxygen atoms in total. The third kappa shape index (κ3) is 4.54. The number of halogens is 1. The number of rotatable bonds is 3. The van der Waals surface area contributed by atoms with E-state index in [0.29, 0.717) is 12.8 Å². The summed E-state index contributed by atoms with van der Waals surface area (Å²) in [6, 6.07) is 7.46. The van der Waals surface area contributed by atoms with Crippen LogP contribution in [0.5, 0.6) is 0 Å². The molecule has 0 radical (unpaired) electrons. The molecule has 1 heterocycles. The Bertz CT molecular complexity index is 579. The average Bonchev–Trinajstić information content (AvgIpc) is 2.75. The van der Waals surface area contributed by atoms with Crippen LogP contribution in [-0.4, -0.2) is 40.3 Å². The maximum Gasteiger partial charge on any atom is 0.417 e. The zero-order chi connectivity index (χ0) is 17.2. The van der Waals surface area contributed by atoms with E-state index in [1.807, 2.05) is 24.3 Å². The zero-order valence-electron chi connectivity index (χ0n) is 13.6. The Labute approximate surface area is 144 Å². The molecular formula is C17H22BrNO4. The topological polar surface area (TPSA) is 66.8 Å². The van der Waals surface area contributed by atoms with E-state index < -0.39 is 17.6 Å². The van der Waals surface area contributed by atoms with Crippen molar-refractivity contribution in [2.45, 2.75) is 45.3 Å². The second-order valence-corrected chi connectivity index (χ2v) is 7.70. The van der Waals surface area contributed by atoms with Crippen molar-refractivity contribution in [1.82, 2.24) is 4.90 Å². The van der Waals surface area contributed by atoms with Crippen LogP contribution in [0.15, 0.2) is 28.7 Å². The number of nitrogens with zero attached hydrogens (tertiary/aromatic N) is 1. The van der Waals surface area contributed by atoms with Crippen molar-refractivity contribution in [2.24, 2.45) is 5.92 Å². The minimum absolute atomic E-state index is 0.255. The Kier molecular flexibility index (Phi) is 5.47. The minimum atomic E-state index is -0.670. The smallest absolute Gasteiger partial charge is 0.417 e. The van der Waals surface area contributed by atoms with Crippen molar-refractivity contribution >= 4 is 27.9 Å². The monoisotopic (exact) mass is 383 g/mol. The van der Waals surface area contributed by atoms with Gasteiger partial charge in [-0.1, -0.05) is 28.1 Å². The van der Waals surface area contributed by atoms with E-state index >= 15 is 0 Å². The number of aliphatic hydroxyl groups is 1. The molecule has 2 unspecified atom stereocenters. The summed E-state index contributed by atoms with van der Waals surface area (Å²) in [6.45, 7) is 5.03. The number of hydrogen-bond donors (Lipinski definition) is 1. The fourth-order valence-electron chi connectivity index (χ4n) is 2.68. The molecule has 1 N–H and O–H groups in total. The van der Waals surface area contributed by atoms with Crippen LogP contribution in [0.1, 0.15) is 32.8 Å². The fourth-order valence-corrected chi connectivity index (χ4v) is 2.95. The molecule has 1 aliphatic rings. The Balaban J connectivity index is 2.19. The predicted molar refractivity (Wildman–Crippen MR) is 89.9 cm³/mol. The van der Waals surface area contributed by atoms with Crippen molar-refractivity contribution in [2.75, 3.05) is 6.61 Å². The normalized spacial score (nSPS) is 21.6. The SMILES string of the molecule is CC(C)(C)OC(=O)N1C(=O)C(CO)CC1Cc1ccc(Br)cc1. The highest BCUT2D eigenvalue weighted by Crippen LogP contribution is 2.29. The lowest BCUT2D eigenvalue weighted by atomic mass is 10.0. The van der Waals surface area contributed by atoms with E-state index in [-0.39, 0.29) is 18.6 Å². The van der Waals surface area contributed by atoms with Gasteiger partial charge in [0.05, 0.1) is 12.5 Å². The van der Waals surface area contributed by atoms with Crippen LogP contribution in [0.25, 0.3) is 0 Å². The number of amides is 2. The third-order valence-corrected chi connectivity index (χ3v) is 4.23. The molecule has 0 aromatic heterocycles. The van der Waals surface area contributed by atoms with E-state index in [2.05, 4.69) is 15.9 Å². The molecule has 0 spiro atoms. The van der Waals surface area contributed by atoms with Crippen molar-refractivity contribution in [3.63, 3.8) is 0 Å². The number of imide groups is 1. The zero-order valence-corrected chi connectivity index (χ0v) is 15.2. The minimum Gasteiger partial charge on any atom is -0.443 e. The molecular weight excluding hydrogens is 362 g/mol. The summed E-state index contributed by atoms with van der Waals surface area (Å²) in [5.41, 5.74) is 0.356. The van der Waals surface area contributed by atoms with E-state index in [0.717, 1.165) is 10.0 Å². The van der Waals surface area contributed by atoms with Crippen LogP contribution in [0, 0.1) is 5.92 Å². The maximum absolute atomic E-state index is 12.4. The fraction of sp³-hybridized carbons (Fsp3) is 0.529. The van der Waals surface area contributed by atoms with E-state index in [9.17, 15) is 14.7 Å². The van der Waals surface area contributed by atoms with Gasteiger partial charge in [0.2, 0.25) is 5.91 Å². The number of aliphatic hydroxyl groups excluding tert-OH is 1. The number of likely N-dealkylation sites (tertiary alicyclic amines) is 1. The van der Waals surface area contributed by atoms with Gasteiger partial charge >= 0.3 is 6.09 Å². The first-order chi connectivity index (χ1) is 10.7. The number of hydrogen-bond acceptors (Lipinski definition) is 4. The first-order valence-electron chi connectivity index (χ1n) is 7.62. The number of benzene rings is 1. The molecule has 2 amide bonds. The van der Waals surface area contributed by atoms with Crippen LogP contribution >= 0.6 is 15.9 Å². The van der Waals surface area contributed by atoms with Crippen LogP contribution in [-0.2, 0) is 16.0 Å². The van der Waals surface area contributed by atoms with Gasteiger partial charge in [-0.05, 0) is 51.3 Å². The first kappa shape index (κ1) is 17.9. The lowest BCUT2D eigenvalue weighted by Gasteiger charge is -2.27. The van der Waals surface area contributed by atoms with Gasteiger partial charge < -0.3 is 9.84 Å². The molecule has 1 fully saturated rings. The van der Waals surface area contributed by atoms with Crippen LogP contribution < -0.4 is 0 Å². The van der Waals surface area contributed by atoms with Crippen molar-refractivity contribution < 1.29 is 19.4 Å². The molecule has 1 aliphatic heterocycles. The van der Waals surface area contributed by atoms with Crippen LogP contribution in [0.4, 0.5) is 4.79 Å². The molecule has 1 saturated heterocycles. The Morgan fingerprint density at radius 2 is 1.96 bits per heavy atom. The lowest BCUT2D eigenvalue weighted by Crippen LogP contribution is -2.43. The highest BCUT2D eigenvalue weighted by atomic mass is 79.9. The lowest BCUT2D eigenvalue weighted by molar-refractivity contribution is -0.132. The van der Waals surface area contributed by atoms with Crippen molar-refractivity contribution in [3.05, 3.63) is 34.3 Å². The molecule has 6 heteroatoms. The third-order valence-electron chi connectivity index (χ3n) is 3.70. The molecule has 1 aromatic carbocycles. The summed E-state index contributed by atoms with van der Waals surface area (Å²) in [5, 5.41) is 9.38. The number of carbonyl (C=O) groups excluding carboxylic acids is 2. The quantitative estimate of drug-likeness (QED) is 0.870. The molecule has 126 valence electrons. The molecule has 0 aliphatic carbocycles. The Morgan fingerprint density at radius 1 is 1.35 bits per heavy atom. The van der Waals surface area contributed by atoms with E-state index in [4.69, 9.17) is 4.74 Å². The summed E-state index contributed by atoms with van der Waals surface area (Å²) in [4.78, 5) is 25.9. The average molecular weight is 384 g/mol. The van der Waals surface area contributed by atoms with Crippen LogP contribution in [0.3, 0.4) is 0 Å². The molecule has 2 rings (SSSR count). The van der Waals surface area contributed by atoms with Gasteiger partial charge in [0.25, 0.3) is 0 Å². The molecule has 1 aromatic rings. The van der Waals surface area contributed by atoms with Crippen molar-refractivity contribution in [3.8, 4) is 0 Å². The standard InChI is InChI=1S/C17H22BrNO4/c1-17(2,3)23-16(22)19-14(9-12(10-20)15(19)21)8-11-4-6-13(18)7-5-11/h4-7,12,14,20H,8-10H2,1-3H3. The largest absolute Gasteiger partial charge is 0.443 e. The van der Waals surface area contributed by atoms with Gasteiger partial charge in [-0.2, -0.15) is 0 Å². The van der Waals surface area contributed by atoms with Crippen LogP contribution in [0.2, 0.25) is 0 Å². The number of carbonyl (C=O) groups is 2. The van der Waals surface area contributed by atoms with E-state index in [1.165, 1.54) is 4.90 Å². The highest BCUT2D eigenvalue weighted by molar-refractivity contribution is 9.10. The van der Waals surface area contributed by atoms with Gasteiger partial charge in [-0.3, -0.25) is 4.79 Å². The maximum atomic E-state index is 12.4. The molecule has 23 heavy (non-hydrogen) atoms. The summed E-state index contributed by atoms with van der Waals surface area (Å²) in [6.07, 6.45) is 0.361. The summed E-state index contributed by atoms with van der Waals surface area (Å²) in [7, 11) is 0.